The predicted molar refractivity (Wildman–Crippen MR) is 91.1 cm³/mol. The van der Waals surface area contributed by atoms with Crippen molar-refractivity contribution in [3.63, 3.8) is 0 Å². The van der Waals surface area contributed by atoms with Crippen LogP contribution in [0, 0.1) is 0 Å². The molecule has 0 aliphatic heterocycles. The van der Waals surface area contributed by atoms with E-state index in [0.717, 1.165) is 18.2 Å². The Kier molecular flexibility index (Phi) is 6.60. The van der Waals surface area contributed by atoms with Gasteiger partial charge in [-0.05, 0) is 31.5 Å². The summed E-state index contributed by atoms with van der Waals surface area (Å²) in [4.78, 5) is 15.3. The van der Waals surface area contributed by atoms with E-state index in [4.69, 9.17) is 0 Å². The smallest absolute Gasteiger partial charge is 0.355 e. The molecule has 0 saturated carbocycles. The van der Waals surface area contributed by atoms with E-state index in [1.54, 1.807) is 18.7 Å². The average molecular weight is 404 g/mol. The number of imidazole rings is 1. The Labute approximate surface area is 154 Å². The van der Waals surface area contributed by atoms with Gasteiger partial charge >= 0.3 is 6.18 Å². The lowest BCUT2D eigenvalue weighted by Gasteiger charge is -2.15. The molecule has 1 unspecified atom stereocenters. The topological polar surface area (TPSA) is 93.1 Å². The maximum atomic E-state index is 12.7. The monoisotopic (exact) mass is 404 g/mol. The molecule has 1 heterocycles. The van der Waals surface area contributed by atoms with E-state index < -0.39 is 38.6 Å². The minimum atomic E-state index is -4.66. The lowest BCUT2D eigenvalue weighted by Crippen LogP contribution is -2.45. The summed E-state index contributed by atoms with van der Waals surface area (Å²) in [5, 5.41) is 2.57. The van der Waals surface area contributed by atoms with Crippen molar-refractivity contribution in [1.82, 2.24) is 19.6 Å². The van der Waals surface area contributed by atoms with Gasteiger partial charge in [-0.2, -0.15) is 17.9 Å². The number of benzene rings is 1. The zero-order chi connectivity index (χ0) is 20.1. The third-order valence-electron chi connectivity index (χ3n) is 3.65. The van der Waals surface area contributed by atoms with Crippen molar-refractivity contribution in [3.05, 3.63) is 48.5 Å². The number of halogens is 3. The van der Waals surface area contributed by atoms with Gasteiger partial charge in [0, 0.05) is 25.5 Å². The van der Waals surface area contributed by atoms with Crippen molar-refractivity contribution in [3.8, 4) is 0 Å². The van der Waals surface area contributed by atoms with Crippen LogP contribution >= 0.6 is 0 Å². The number of nitrogens with zero attached hydrogens (tertiary/aromatic N) is 2. The van der Waals surface area contributed by atoms with Crippen LogP contribution in [0.3, 0.4) is 0 Å². The minimum absolute atomic E-state index is 0.312. The number of rotatable bonds is 8. The zero-order valence-electron chi connectivity index (χ0n) is 14.4. The fourth-order valence-corrected chi connectivity index (χ4v) is 3.49. The van der Waals surface area contributed by atoms with E-state index in [0.29, 0.717) is 25.6 Å². The van der Waals surface area contributed by atoms with Gasteiger partial charge in [0.25, 0.3) is 0 Å². The highest BCUT2D eigenvalue weighted by atomic mass is 32.2. The Morgan fingerprint density at radius 3 is 2.70 bits per heavy atom. The van der Waals surface area contributed by atoms with Crippen LogP contribution in [0.5, 0.6) is 0 Å². The van der Waals surface area contributed by atoms with E-state index in [1.807, 2.05) is 4.57 Å². The highest BCUT2D eigenvalue weighted by molar-refractivity contribution is 7.89. The fourth-order valence-electron chi connectivity index (χ4n) is 2.24. The van der Waals surface area contributed by atoms with Gasteiger partial charge in [-0.15, -0.1) is 0 Å². The molecule has 1 amide bonds. The molecule has 2 aromatic rings. The van der Waals surface area contributed by atoms with Gasteiger partial charge < -0.3 is 9.88 Å². The highest BCUT2D eigenvalue weighted by Crippen LogP contribution is 2.30. The molecule has 2 rings (SSSR count). The van der Waals surface area contributed by atoms with Crippen molar-refractivity contribution in [2.75, 3.05) is 6.54 Å². The van der Waals surface area contributed by atoms with Crippen LogP contribution < -0.4 is 10.0 Å². The Morgan fingerprint density at radius 1 is 1.33 bits per heavy atom. The molecule has 27 heavy (non-hydrogen) atoms. The summed E-state index contributed by atoms with van der Waals surface area (Å²) in [7, 11) is -4.28. The lowest BCUT2D eigenvalue weighted by atomic mass is 10.2. The van der Waals surface area contributed by atoms with Crippen LogP contribution in [-0.4, -0.2) is 36.5 Å². The fraction of sp³-hybridized carbons (Fsp3) is 0.375. The van der Waals surface area contributed by atoms with Gasteiger partial charge in [0.2, 0.25) is 15.9 Å². The van der Waals surface area contributed by atoms with Crippen molar-refractivity contribution in [2.24, 2.45) is 0 Å². The standard InChI is InChI=1S/C16H19F3N4O3S/c1-12(15(24)21-6-3-8-23-9-7-20-11-23)22-27(25,26)14-5-2-4-13(10-14)16(17,18)19/h2,4-5,7,9-12,22H,3,6,8H2,1H3,(H,21,24). The molecular weight excluding hydrogens is 385 g/mol. The highest BCUT2D eigenvalue weighted by Gasteiger charge is 2.32. The molecule has 7 nitrogen and oxygen atoms in total. The number of nitrogens with one attached hydrogen (secondary N) is 2. The first-order chi connectivity index (χ1) is 12.6. The SMILES string of the molecule is CC(NS(=O)(=O)c1cccc(C(F)(F)F)c1)C(=O)NCCCn1ccnc1. The molecular formula is C16H19F3N4O3S. The molecule has 0 fully saturated rings. The number of sulfonamides is 1. The van der Waals surface area contributed by atoms with Gasteiger partial charge in [-0.3, -0.25) is 4.79 Å². The van der Waals surface area contributed by atoms with Crippen LogP contribution in [0.25, 0.3) is 0 Å². The van der Waals surface area contributed by atoms with Crippen LogP contribution in [-0.2, 0) is 27.5 Å². The van der Waals surface area contributed by atoms with Crippen molar-refractivity contribution >= 4 is 15.9 Å². The number of carbonyl (C=O) groups is 1. The molecule has 0 radical (unpaired) electrons. The number of hydrogen-bond donors (Lipinski definition) is 2. The van der Waals surface area contributed by atoms with Gasteiger partial charge in [-0.1, -0.05) is 6.07 Å². The molecule has 2 N–H and O–H groups in total. The maximum Gasteiger partial charge on any atom is 0.416 e. The maximum absolute atomic E-state index is 12.7. The molecule has 0 bridgehead atoms. The molecule has 11 heteroatoms. The quantitative estimate of drug-likeness (QED) is 0.656. The van der Waals surface area contributed by atoms with E-state index in [1.165, 1.54) is 6.92 Å². The second-order valence-electron chi connectivity index (χ2n) is 5.81. The summed E-state index contributed by atoms with van der Waals surface area (Å²) in [6, 6.07) is 2.19. The number of amides is 1. The van der Waals surface area contributed by atoms with E-state index in [2.05, 4.69) is 15.0 Å². The van der Waals surface area contributed by atoms with Crippen LogP contribution in [0.1, 0.15) is 18.9 Å². The minimum Gasteiger partial charge on any atom is -0.355 e. The summed E-state index contributed by atoms with van der Waals surface area (Å²) < 4.78 is 66.6. The number of aromatic nitrogens is 2. The van der Waals surface area contributed by atoms with Crippen LogP contribution in [0.4, 0.5) is 13.2 Å². The van der Waals surface area contributed by atoms with Gasteiger partial charge in [-0.25, -0.2) is 13.4 Å². The van der Waals surface area contributed by atoms with Crippen molar-refractivity contribution in [2.45, 2.75) is 37.0 Å². The molecule has 0 saturated heterocycles. The van der Waals surface area contributed by atoms with E-state index in [9.17, 15) is 26.4 Å². The Morgan fingerprint density at radius 2 is 2.07 bits per heavy atom. The van der Waals surface area contributed by atoms with E-state index in [-0.39, 0.29) is 0 Å². The normalized spacial score (nSPS) is 13.3. The summed E-state index contributed by atoms with van der Waals surface area (Å²) >= 11 is 0. The van der Waals surface area contributed by atoms with Gasteiger partial charge in [0.15, 0.2) is 0 Å². The first-order valence-electron chi connectivity index (χ1n) is 8.02. The molecule has 0 aliphatic carbocycles. The average Bonchev–Trinajstić information content (AvgIpc) is 3.11. The molecule has 1 atom stereocenters. The summed E-state index contributed by atoms with van der Waals surface area (Å²) in [5.41, 5.74) is -1.08. The van der Waals surface area contributed by atoms with Crippen molar-refractivity contribution < 1.29 is 26.4 Å². The first kappa shape index (κ1) is 20.9. The van der Waals surface area contributed by atoms with Gasteiger partial charge in [0.1, 0.15) is 0 Å². The van der Waals surface area contributed by atoms with Crippen LogP contribution in [0.15, 0.2) is 47.9 Å². The third kappa shape index (κ3) is 6.07. The van der Waals surface area contributed by atoms with Crippen molar-refractivity contribution in [1.29, 1.82) is 0 Å². The number of hydrogen-bond acceptors (Lipinski definition) is 4. The number of aryl methyl sites for hydroxylation is 1. The molecule has 148 valence electrons. The summed E-state index contributed by atoms with van der Waals surface area (Å²) in [5.74, 6) is -0.573. The Hall–Kier alpha value is -2.40. The first-order valence-corrected chi connectivity index (χ1v) is 9.51. The van der Waals surface area contributed by atoms with Gasteiger partial charge in [0.05, 0.1) is 22.8 Å². The number of alkyl halides is 3. The lowest BCUT2D eigenvalue weighted by molar-refractivity contribution is -0.137. The summed E-state index contributed by atoms with van der Waals surface area (Å²) in [6.45, 7) is 2.26. The second-order valence-corrected chi connectivity index (χ2v) is 7.53. The number of carbonyl (C=O) groups excluding carboxylic acids is 1. The Balaban J connectivity index is 1.91. The molecule has 1 aromatic heterocycles. The zero-order valence-corrected chi connectivity index (χ0v) is 15.2. The predicted octanol–water partition coefficient (Wildman–Crippen LogP) is 1.78. The summed E-state index contributed by atoms with van der Waals surface area (Å²) in [6.07, 6.45) is 0.976. The van der Waals surface area contributed by atoms with Crippen LogP contribution in [0.2, 0.25) is 0 Å². The molecule has 1 aromatic carbocycles. The molecule has 0 aliphatic rings. The Bertz CT molecular complexity index is 867. The third-order valence-corrected chi connectivity index (χ3v) is 5.19. The van der Waals surface area contributed by atoms with E-state index >= 15 is 0 Å². The molecule has 0 spiro atoms. The second kappa shape index (κ2) is 8.53. The largest absolute Gasteiger partial charge is 0.416 e.